The molecule has 3 aromatic carbocycles. The summed E-state index contributed by atoms with van der Waals surface area (Å²) in [5, 5.41) is 12.0. The molecule has 0 spiro atoms. The highest BCUT2D eigenvalue weighted by Gasteiger charge is 2.54. The molecule has 9 nitrogen and oxygen atoms in total. The Morgan fingerprint density at radius 1 is 1.05 bits per heavy atom. The number of amides is 1. The molecule has 1 aliphatic heterocycles. The van der Waals surface area contributed by atoms with Crippen molar-refractivity contribution >= 4 is 37.6 Å². The number of sulfone groups is 1. The molecule has 0 radical (unpaired) electrons. The molecule has 1 heterocycles. The monoisotopic (exact) mass is 671 g/mol. The number of carbonyl (C=O) groups excluding carboxylic acids is 1. The van der Waals surface area contributed by atoms with Crippen LogP contribution in [-0.2, 0) is 19.4 Å². The molecule has 230 valence electrons. The summed E-state index contributed by atoms with van der Waals surface area (Å²) in [6.07, 6.45) is 0.245. The van der Waals surface area contributed by atoms with Crippen molar-refractivity contribution in [3.63, 3.8) is 0 Å². The Morgan fingerprint density at radius 3 is 2.42 bits per heavy atom. The zero-order valence-electron chi connectivity index (χ0n) is 24.4. The molecular weight excluding hydrogens is 634 g/mol. The fourth-order valence-corrected chi connectivity index (χ4v) is 6.70. The van der Waals surface area contributed by atoms with E-state index in [-0.39, 0.29) is 29.6 Å². The van der Waals surface area contributed by atoms with Crippen LogP contribution in [0, 0.1) is 0 Å². The summed E-state index contributed by atoms with van der Waals surface area (Å²) >= 11 is 3.61. The SMILES string of the molecule is CN(C)CCCNC(=O)[C@]1(CCS(=O)(=O)c2ccccc2)N=C(c2ccc(OCCCO)cc2)O[C@@H]1c1ccccc1Br. The third-order valence-corrected chi connectivity index (χ3v) is 9.59. The summed E-state index contributed by atoms with van der Waals surface area (Å²) in [6.45, 7) is 1.60. The number of nitrogens with zero attached hydrogens (tertiary/aromatic N) is 2. The first-order valence-electron chi connectivity index (χ1n) is 14.2. The molecule has 3 aromatic rings. The number of carbonyl (C=O) groups is 1. The predicted molar refractivity (Wildman–Crippen MR) is 170 cm³/mol. The second-order valence-corrected chi connectivity index (χ2v) is 13.6. The summed E-state index contributed by atoms with van der Waals surface area (Å²) in [4.78, 5) is 21.3. The van der Waals surface area contributed by atoms with Crippen LogP contribution in [0.2, 0.25) is 0 Å². The highest BCUT2D eigenvalue weighted by Crippen LogP contribution is 2.45. The average Bonchev–Trinajstić information content (AvgIpc) is 3.40. The van der Waals surface area contributed by atoms with E-state index in [0.717, 1.165) is 11.0 Å². The number of hydrogen-bond donors (Lipinski definition) is 2. The average molecular weight is 673 g/mol. The van der Waals surface area contributed by atoms with E-state index in [2.05, 4.69) is 21.2 Å². The van der Waals surface area contributed by atoms with Gasteiger partial charge in [-0.1, -0.05) is 52.3 Å². The maximum Gasteiger partial charge on any atom is 0.252 e. The normalized spacial score (nSPS) is 18.3. The second kappa shape index (κ2) is 15.0. The van der Waals surface area contributed by atoms with Gasteiger partial charge in [-0.05, 0) is 69.5 Å². The highest BCUT2D eigenvalue weighted by atomic mass is 79.9. The quantitative estimate of drug-likeness (QED) is 0.230. The zero-order chi connectivity index (χ0) is 30.9. The van der Waals surface area contributed by atoms with Gasteiger partial charge in [-0.25, -0.2) is 13.4 Å². The van der Waals surface area contributed by atoms with Crippen LogP contribution in [0.15, 0.2) is 93.2 Å². The smallest absolute Gasteiger partial charge is 0.252 e. The summed E-state index contributed by atoms with van der Waals surface area (Å²) in [6, 6.07) is 22.8. The lowest BCUT2D eigenvalue weighted by molar-refractivity contribution is -0.129. The molecule has 11 heteroatoms. The molecule has 0 aliphatic carbocycles. The van der Waals surface area contributed by atoms with Gasteiger partial charge in [0.05, 0.1) is 17.3 Å². The fraction of sp³-hybridized carbons (Fsp3) is 0.375. The van der Waals surface area contributed by atoms with Crippen LogP contribution in [0.5, 0.6) is 5.75 Å². The Bertz CT molecular complexity index is 1500. The Balaban J connectivity index is 1.74. The number of aliphatic imine (C=N–C) groups is 1. The van der Waals surface area contributed by atoms with E-state index >= 15 is 0 Å². The van der Waals surface area contributed by atoms with E-state index in [1.54, 1.807) is 54.6 Å². The topological polar surface area (TPSA) is 118 Å². The maximum absolute atomic E-state index is 14.2. The van der Waals surface area contributed by atoms with Crippen LogP contribution < -0.4 is 10.1 Å². The molecule has 43 heavy (non-hydrogen) atoms. The third-order valence-electron chi connectivity index (χ3n) is 7.14. The molecule has 4 rings (SSSR count). The first-order chi connectivity index (χ1) is 20.7. The lowest BCUT2D eigenvalue weighted by Crippen LogP contribution is -2.49. The Kier molecular flexibility index (Phi) is 11.4. The van der Waals surface area contributed by atoms with Crippen molar-refractivity contribution in [3.05, 3.63) is 94.5 Å². The lowest BCUT2D eigenvalue weighted by atomic mass is 9.85. The minimum absolute atomic E-state index is 0.0401. The summed E-state index contributed by atoms with van der Waals surface area (Å²) in [5.41, 5.74) is -0.249. The van der Waals surface area contributed by atoms with Gasteiger partial charge in [0.2, 0.25) is 5.90 Å². The number of rotatable bonds is 15. The van der Waals surface area contributed by atoms with Crippen molar-refractivity contribution in [1.82, 2.24) is 10.2 Å². The number of benzene rings is 3. The molecule has 2 N–H and O–H groups in total. The molecule has 0 saturated heterocycles. The predicted octanol–water partition coefficient (Wildman–Crippen LogP) is 4.40. The van der Waals surface area contributed by atoms with Crippen LogP contribution in [0.4, 0.5) is 0 Å². The molecule has 0 fully saturated rings. The van der Waals surface area contributed by atoms with Crippen molar-refractivity contribution in [2.75, 3.05) is 46.2 Å². The molecule has 1 amide bonds. The molecular formula is C32H38BrN3O6S. The molecule has 0 aromatic heterocycles. The van der Waals surface area contributed by atoms with E-state index < -0.39 is 27.4 Å². The minimum atomic E-state index is -3.73. The number of aliphatic hydroxyl groups excluding tert-OH is 1. The van der Waals surface area contributed by atoms with E-state index in [0.29, 0.717) is 42.9 Å². The summed E-state index contributed by atoms with van der Waals surface area (Å²) in [5.74, 6) is 0.162. The van der Waals surface area contributed by atoms with E-state index in [1.807, 2.05) is 43.3 Å². The first kappa shape index (κ1) is 32.7. The third kappa shape index (κ3) is 8.23. The molecule has 0 unspecified atom stereocenters. The number of halogens is 1. The maximum atomic E-state index is 14.2. The van der Waals surface area contributed by atoms with E-state index in [9.17, 15) is 13.2 Å². The van der Waals surface area contributed by atoms with Gasteiger partial charge in [0, 0.05) is 41.6 Å². The van der Waals surface area contributed by atoms with Gasteiger partial charge in [-0.2, -0.15) is 0 Å². The fourth-order valence-electron chi connectivity index (χ4n) is 4.82. The van der Waals surface area contributed by atoms with Crippen LogP contribution in [0.1, 0.15) is 36.5 Å². The minimum Gasteiger partial charge on any atom is -0.494 e. The van der Waals surface area contributed by atoms with Gasteiger partial charge in [-0.3, -0.25) is 4.79 Å². The van der Waals surface area contributed by atoms with Crippen LogP contribution >= 0.6 is 15.9 Å². The molecule has 1 aliphatic rings. The van der Waals surface area contributed by atoms with Crippen molar-refractivity contribution in [2.24, 2.45) is 4.99 Å². The van der Waals surface area contributed by atoms with Crippen LogP contribution in [-0.4, -0.2) is 81.9 Å². The molecule has 0 saturated carbocycles. The van der Waals surface area contributed by atoms with Gasteiger partial charge in [0.1, 0.15) is 5.75 Å². The summed E-state index contributed by atoms with van der Waals surface area (Å²) in [7, 11) is 0.199. The van der Waals surface area contributed by atoms with Gasteiger partial charge in [0.15, 0.2) is 21.5 Å². The highest BCUT2D eigenvalue weighted by molar-refractivity contribution is 9.10. The number of nitrogens with one attached hydrogen (secondary N) is 1. The Labute approximate surface area is 262 Å². The molecule has 2 atom stereocenters. The molecule has 0 bridgehead atoms. The number of aliphatic hydroxyl groups is 1. The first-order valence-corrected chi connectivity index (χ1v) is 16.7. The Hall–Kier alpha value is -3.25. The van der Waals surface area contributed by atoms with Crippen LogP contribution in [0.25, 0.3) is 0 Å². The second-order valence-electron chi connectivity index (χ2n) is 10.6. The Morgan fingerprint density at radius 2 is 1.74 bits per heavy atom. The van der Waals surface area contributed by atoms with Crippen LogP contribution in [0.3, 0.4) is 0 Å². The standard InChI is InChI=1S/C32H38BrN3O6S/c1-36(2)20-8-19-34-31(38)32(18-23-43(39,40)26-10-4-3-5-11-26)29(27-12-6-7-13-28(27)33)42-30(35-32)24-14-16-25(17-15-24)41-22-9-21-37/h3-7,10-17,29,37H,8-9,18-23H2,1-2H3,(H,34,38)/t29-,32-/m1/s1. The van der Waals surface area contributed by atoms with Gasteiger partial charge >= 0.3 is 0 Å². The van der Waals surface area contributed by atoms with Crippen molar-refractivity contribution in [3.8, 4) is 5.75 Å². The summed E-state index contributed by atoms with van der Waals surface area (Å²) < 4.78 is 39.7. The van der Waals surface area contributed by atoms with E-state index in [4.69, 9.17) is 19.6 Å². The largest absolute Gasteiger partial charge is 0.494 e. The zero-order valence-corrected chi connectivity index (χ0v) is 26.8. The number of ether oxygens (including phenoxy) is 2. The van der Waals surface area contributed by atoms with E-state index in [1.165, 1.54) is 0 Å². The van der Waals surface area contributed by atoms with Gasteiger partial charge in [0.25, 0.3) is 5.91 Å². The number of hydrogen-bond acceptors (Lipinski definition) is 8. The lowest BCUT2D eigenvalue weighted by Gasteiger charge is -2.31. The van der Waals surface area contributed by atoms with Crippen molar-refractivity contribution in [2.45, 2.75) is 35.8 Å². The van der Waals surface area contributed by atoms with Gasteiger partial charge < -0.3 is 24.8 Å². The van der Waals surface area contributed by atoms with Gasteiger partial charge in [-0.15, -0.1) is 0 Å². The van der Waals surface area contributed by atoms with Crippen molar-refractivity contribution < 1.29 is 27.8 Å². The van der Waals surface area contributed by atoms with Crippen molar-refractivity contribution in [1.29, 1.82) is 0 Å².